The van der Waals surface area contributed by atoms with Crippen LogP contribution in [0.5, 0.6) is 0 Å². The highest BCUT2D eigenvalue weighted by Crippen LogP contribution is 2.30. The molecule has 2 atom stereocenters. The van der Waals surface area contributed by atoms with Gasteiger partial charge in [-0.1, -0.05) is 74.5 Å². The van der Waals surface area contributed by atoms with Crippen molar-refractivity contribution in [2.45, 2.75) is 32.4 Å². The summed E-state index contributed by atoms with van der Waals surface area (Å²) in [6, 6.07) is 20.3. The maximum Gasteiger partial charge on any atom is 0.102 e. The van der Waals surface area contributed by atoms with Gasteiger partial charge in [0, 0.05) is 6.61 Å². The Morgan fingerprint density at radius 2 is 1.38 bits per heavy atom. The van der Waals surface area contributed by atoms with Crippen molar-refractivity contribution in [3.63, 3.8) is 0 Å². The van der Waals surface area contributed by atoms with Crippen molar-refractivity contribution in [2.75, 3.05) is 6.61 Å². The molecule has 2 N–H and O–H groups in total. The molecule has 2 rings (SSSR count). The SMILES string of the molecule is CC(C)CCOC(c1ccccc1)C(N)c1ccccc1. The second kappa shape index (κ2) is 7.96. The average molecular weight is 283 g/mol. The first-order chi connectivity index (χ1) is 10.2. The monoisotopic (exact) mass is 283 g/mol. The molecule has 0 fully saturated rings. The number of hydrogen-bond donors (Lipinski definition) is 1. The van der Waals surface area contributed by atoms with Crippen molar-refractivity contribution < 1.29 is 4.74 Å². The summed E-state index contributed by atoms with van der Waals surface area (Å²) in [4.78, 5) is 0. The summed E-state index contributed by atoms with van der Waals surface area (Å²) >= 11 is 0. The molecule has 2 aromatic rings. The van der Waals surface area contributed by atoms with Gasteiger partial charge in [0.1, 0.15) is 6.10 Å². The van der Waals surface area contributed by atoms with E-state index in [1.54, 1.807) is 0 Å². The number of rotatable bonds is 7. The molecule has 112 valence electrons. The summed E-state index contributed by atoms with van der Waals surface area (Å²) in [5, 5.41) is 0. The van der Waals surface area contributed by atoms with Gasteiger partial charge in [-0.3, -0.25) is 0 Å². The van der Waals surface area contributed by atoms with E-state index in [1.807, 2.05) is 36.4 Å². The third-order valence-corrected chi connectivity index (χ3v) is 3.63. The van der Waals surface area contributed by atoms with Gasteiger partial charge in [-0.15, -0.1) is 0 Å². The van der Waals surface area contributed by atoms with Crippen molar-refractivity contribution in [1.29, 1.82) is 0 Å². The van der Waals surface area contributed by atoms with Crippen LogP contribution in [-0.4, -0.2) is 6.61 Å². The standard InChI is InChI=1S/C19H25NO/c1-15(2)13-14-21-19(17-11-7-4-8-12-17)18(20)16-9-5-3-6-10-16/h3-12,15,18-19H,13-14,20H2,1-2H3. The maximum atomic E-state index is 6.46. The summed E-state index contributed by atoms with van der Waals surface area (Å²) in [6.45, 7) is 5.15. The van der Waals surface area contributed by atoms with Crippen LogP contribution in [0.25, 0.3) is 0 Å². The molecule has 0 aliphatic rings. The quantitative estimate of drug-likeness (QED) is 0.812. The van der Waals surface area contributed by atoms with E-state index < -0.39 is 0 Å². The van der Waals surface area contributed by atoms with Gasteiger partial charge in [-0.25, -0.2) is 0 Å². The van der Waals surface area contributed by atoms with Gasteiger partial charge in [0.2, 0.25) is 0 Å². The second-order valence-corrected chi connectivity index (χ2v) is 5.82. The van der Waals surface area contributed by atoms with Crippen LogP contribution in [-0.2, 0) is 4.74 Å². The minimum absolute atomic E-state index is 0.104. The average Bonchev–Trinajstić information content (AvgIpc) is 2.52. The minimum atomic E-state index is -0.152. The Kier molecular flexibility index (Phi) is 5.97. The lowest BCUT2D eigenvalue weighted by Gasteiger charge is -2.25. The largest absolute Gasteiger partial charge is 0.372 e. The van der Waals surface area contributed by atoms with E-state index in [-0.39, 0.29) is 12.1 Å². The summed E-state index contributed by atoms with van der Waals surface area (Å²) in [5.74, 6) is 0.634. The van der Waals surface area contributed by atoms with E-state index in [4.69, 9.17) is 10.5 Å². The fourth-order valence-corrected chi connectivity index (χ4v) is 2.33. The van der Waals surface area contributed by atoms with Crippen LogP contribution in [0, 0.1) is 5.92 Å². The van der Waals surface area contributed by atoms with Gasteiger partial charge in [0.15, 0.2) is 0 Å². The lowest BCUT2D eigenvalue weighted by atomic mass is 9.96. The van der Waals surface area contributed by atoms with Crippen molar-refractivity contribution in [3.05, 3.63) is 71.8 Å². The van der Waals surface area contributed by atoms with Gasteiger partial charge >= 0.3 is 0 Å². The molecular formula is C19H25NO. The number of nitrogens with two attached hydrogens (primary N) is 1. The lowest BCUT2D eigenvalue weighted by molar-refractivity contribution is 0.0279. The number of benzene rings is 2. The molecule has 0 spiro atoms. The summed E-state index contributed by atoms with van der Waals surface area (Å²) < 4.78 is 6.13. The molecule has 21 heavy (non-hydrogen) atoms. The van der Waals surface area contributed by atoms with E-state index in [0.717, 1.165) is 24.2 Å². The first-order valence-corrected chi connectivity index (χ1v) is 7.65. The zero-order valence-corrected chi connectivity index (χ0v) is 12.9. The zero-order chi connectivity index (χ0) is 15.1. The molecule has 0 saturated carbocycles. The molecule has 0 bridgehead atoms. The molecule has 2 unspecified atom stereocenters. The Bertz CT molecular complexity index is 510. The Labute approximate surface area is 127 Å². The Hall–Kier alpha value is -1.64. The van der Waals surface area contributed by atoms with Crippen LogP contribution in [0.15, 0.2) is 60.7 Å². The van der Waals surface area contributed by atoms with Crippen molar-refractivity contribution in [1.82, 2.24) is 0 Å². The highest BCUT2D eigenvalue weighted by molar-refractivity contribution is 5.26. The van der Waals surface area contributed by atoms with Crippen LogP contribution in [0.3, 0.4) is 0 Å². The van der Waals surface area contributed by atoms with Crippen LogP contribution in [0.2, 0.25) is 0 Å². The van der Waals surface area contributed by atoms with Crippen molar-refractivity contribution in [2.24, 2.45) is 11.7 Å². The molecule has 0 heterocycles. The fraction of sp³-hybridized carbons (Fsp3) is 0.368. The van der Waals surface area contributed by atoms with Gasteiger partial charge in [0.05, 0.1) is 6.04 Å². The van der Waals surface area contributed by atoms with Crippen LogP contribution >= 0.6 is 0 Å². The van der Waals surface area contributed by atoms with Gasteiger partial charge in [0.25, 0.3) is 0 Å². The molecule has 2 nitrogen and oxygen atoms in total. The number of ether oxygens (including phenoxy) is 1. The predicted octanol–water partition coefficient (Wildman–Crippen LogP) is 4.49. The predicted molar refractivity (Wildman–Crippen MR) is 88.0 cm³/mol. The molecule has 0 aromatic heterocycles. The Morgan fingerprint density at radius 1 is 0.857 bits per heavy atom. The van der Waals surface area contributed by atoms with Gasteiger partial charge < -0.3 is 10.5 Å². The molecule has 0 amide bonds. The van der Waals surface area contributed by atoms with E-state index in [9.17, 15) is 0 Å². The first kappa shape index (κ1) is 15.7. The van der Waals surface area contributed by atoms with E-state index in [1.165, 1.54) is 0 Å². The summed E-state index contributed by atoms with van der Waals surface area (Å²) in [5.41, 5.74) is 8.71. The Morgan fingerprint density at radius 3 is 1.90 bits per heavy atom. The third kappa shape index (κ3) is 4.69. The third-order valence-electron chi connectivity index (χ3n) is 3.63. The Balaban J connectivity index is 2.15. The number of hydrogen-bond acceptors (Lipinski definition) is 2. The van der Waals surface area contributed by atoms with Crippen molar-refractivity contribution >= 4 is 0 Å². The normalized spacial score (nSPS) is 14.1. The molecule has 0 aliphatic heterocycles. The molecule has 2 aromatic carbocycles. The lowest BCUT2D eigenvalue weighted by Crippen LogP contribution is -2.23. The van der Waals surface area contributed by atoms with Gasteiger partial charge in [-0.05, 0) is 23.5 Å². The van der Waals surface area contributed by atoms with Crippen molar-refractivity contribution in [3.8, 4) is 0 Å². The van der Waals surface area contributed by atoms with Gasteiger partial charge in [-0.2, -0.15) is 0 Å². The first-order valence-electron chi connectivity index (χ1n) is 7.65. The molecule has 2 heteroatoms. The van der Waals surface area contributed by atoms with E-state index in [0.29, 0.717) is 5.92 Å². The second-order valence-electron chi connectivity index (χ2n) is 5.82. The van der Waals surface area contributed by atoms with Crippen LogP contribution < -0.4 is 5.73 Å². The van der Waals surface area contributed by atoms with E-state index in [2.05, 4.69) is 38.1 Å². The molecule has 0 aliphatic carbocycles. The summed E-state index contributed by atoms with van der Waals surface area (Å²) in [7, 11) is 0. The van der Waals surface area contributed by atoms with Crippen LogP contribution in [0.4, 0.5) is 0 Å². The topological polar surface area (TPSA) is 35.2 Å². The maximum absolute atomic E-state index is 6.46. The summed E-state index contributed by atoms with van der Waals surface area (Å²) in [6.07, 6.45) is 0.942. The zero-order valence-electron chi connectivity index (χ0n) is 12.9. The highest BCUT2D eigenvalue weighted by Gasteiger charge is 2.22. The minimum Gasteiger partial charge on any atom is -0.372 e. The highest BCUT2D eigenvalue weighted by atomic mass is 16.5. The molecular weight excluding hydrogens is 258 g/mol. The molecule has 0 saturated heterocycles. The smallest absolute Gasteiger partial charge is 0.102 e. The fourth-order valence-electron chi connectivity index (χ4n) is 2.33. The van der Waals surface area contributed by atoms with E-state index >= 15 is 0 Å². The molecule has 0 radical (unpaired) electrons. The van der Waals surface area contributed by atoms with Crippen LogP contribution in [0.1, 0.15) is 43.5 Å².